The first kappa shape index (κ1) is 15.3. The highest BCUT2D eigenvalue weighted by Gasteiger charge is 2.60. The lowest BCUT2D eigenvalue weighted by molar-refractivity contribution is -0.671. The second-order valence-corrected chi connectivity index (χ2v) is 7.05. The Morgan fingerprint density at radius 2 is 1.77 bits per heavy atom. The molecule has 1 aromatic heterocycles. The number of carbonyl (C=O) groups excluding carboxylic acids is 1. The molecule has 3 rings (SSSR count). The minimum absolute atomic E-state index is 0.0323. The highest BCUT2D eigenvalue weighted by Crippen LogP contribution is 2.55. The van der Waals surface area contributed by atoms with Crippen molar-refractivity contribution in [1.29, 1.82) is 0 Å². The molecular formula is C17H16BrFNO2+. The normalized spacial score (nSPS) is 22.7. The van der Waals surface area contributed by atoms with E-state index in [1.807, 2.05) is 11.6 Å². The molecule has 1 aliphatic rings. The summed E-state index contributed by atoms with van der Waals surface area (Å²) in [7, 11) is 1.86. The molecule has 3 nitrogen and oxygen atoms in total. The summed E-state index contributed by atoms with van der Waals surface area (Å²) in [6.45, 7) is 3.29. The lowest BCUT2D eigenvalue weighted by Crippen LogP contribution is -2.43. The lowest BCUT2D eigenvalue weighted by atomic mass is 9.71. The Hall–Kier alpha value is -1.59. The summed E-state index contributed by atoms with van der Waals surface area (Å²) in [5.41, 5.74) is -1.92. The van der Waals surface area contributed by atoms with Gasteiger partial charge in [0.05, 0.1) is 11.0 Å². The van der Waals surface area contributed by atoms with Crippen LogP contribution in [0.4, 0.5) is 4.39 Å². The molecule has 114 valence electrons. The van der Waals surface area contributed by atoms with E-state index in [2.05, 4.69) is 15.9 Å². The summed E-state index contributed by atoms with van der Waals surface area (Å²) in [6.07, 6.45) is 3.58. The van der Waals surface area contributed by atoms with Crippen LogP contribution in [-0.2, 0) is 12.6 Å². The summed E-state index contributed by atoms with van der Waals surface area (Å²) in [5, 5.41) is 11.5. The van der Waals surface area contributed by atoms with Gasteiger partial charge in [0.2, 0.25) is 0 Å². The Morgan fingerprint density at radius 3 is 2.36 bits per heavy atom. The Bertz CT molecular complexity index is 786. The SMILES string of the molecule is C[n+]1ccc(C2(O)c3c(Br)ccc(F)c3C(=O)C2(C)C)cc1. The number of aromatic nitrogens is 1. The van der Waals surface area contributed by atoms with E-state index in [9.17, 15) is 14.3 Å². The number of Topliss-reactive ketones (excluding diaryl/α,β-unsaturated/α-hetero) is 1. The van der Waals surface area contributed by atoms with E-state index in [1.165, 1.54) is 12.1 Å². The van der Waals surface area contributed by atoms with Gasteiger partial charge in [0.1, 0.15) is 18.5 Å². The number of aliphatic hydroxyl groups is 1. The number of halogens is 2. The lowest BCUT2D eigenvalue weighted by Gasteiger charge is -2.36. The Balaban J connectivity index is 2.40. The number of nitrogens with zero attached hydrogens (tertiary/aromatic N) is 1. The third kappa shape index (κ3) is 1.75. The van der Waals surface area contributed by atoms with E-state index in [0.29, 0.717) is 15.6 Å². The molecule has 22 heavy (non-hydrogen) atoms. The fourth-order valence-electron chi connectivity index (χ4n) is 3.16. The van der Waals surface area contributed by atoms with Gasteiger partial charge in [-0.2, -0.15) is 0 Å². The van der Waals surface area contributed by atoms with Crippen molar-refractivity contribution in [3.63, 3.8) is 0 Å². The zero-order chi connectivity index (χ0) is 16.3. The molecule has 1 aliphatic carbocycles. The first-order chi connectivity index (χ1) is 10.2. The number of fused-ring (bicyclic) bond motifs is 1. The van der Waals surface area contributed by atoms with Gasteiger partial charge in [-0.3, -0.25) is 4.79 Å². The number of ketones is 1. The van der Waals surface area contributed by atoms with Crippen molar-refractivity contribution in [1.82, 2.24) is 0 Å². The minimum atomic E-state index is -1.59. The number of pyridine rings is 1. The number of rotatable bonds is 1. The molecule has 1 heterocycles. The summed E-state index contributed by atoms with van der Waals surface area (Å²) in [4.78, 5) is 12.7. The minimum Gasteiger partial charge on any atom is -0.379 e. The molecule has 0 radical (unpaired) electrons. The molecule has 0 bridgehead atoms. The van der Waals surface area contributed by atoms with Gasteiger partial charge in [-0.25, -0.2) is 8.96 Å². The predicted octanol–water partition coefficient (Wildman–Crippen LogP) is 2.87. The fraction of sp³-hybridized carbons (Fsp3) is 0.294. The number of aryl methyl sites for hydroxylation is 1. The maximum absolute atomic E-state index is 14.2. The van der Waals surface area contributed by atoms with Crippen LogP contribution < -0.4 is 4.57 Å². The molecule has 1 aromatic carbocycles. The maximum atomic E-state index is 14.2. The first-order valence-electron chi connectivity index (χ1n) is 6.92. The number of hydrogen-bond donors (Lipinski definition) is 1. The van der Waals surface area contributed by atoms with Crippen LogP contribution in [0.25, 0.3) is 0 Å². The van der Waals surface area contributed by atoms with Crippen LogP contribution in [0.15, 0.2) is 41.1 Å². The van der Waals surface area contributed by atoms with Crippen molar-refractivity contribution in [2.24, 2.45) is 12.5 Å². The molecule has 0 saturated heterocycles. The zero-order valence-corrected chi connectivity index (χ0v) is 14.1. The van der Waals surface area contributed by atoms with Gasteiger partial charge < -0.3 is 5.11 Å². The summed E-state index contributed by atoms with van der Waals surface area (Å²) < 4.78 is 16.6. The average molecular weight is 365 g/mol. The monoisotopic (exact) mass is 364 g/mol. The van der Waals surface area contributed by atoms with Gasteiger partial charge >= 0.3 is 0 Å². The molecule has 0 aliphatic heterocycles. The molecule has 1 atom stereocenters. The van der Waals surface area contributed by atoms with E-state index in [1.54, 1.807) is 38.4 Å². The van der Waals surface area contributed by atoms with Crippen LogP contribution in [0.5, 0.6) is 0 Å². The largest absolute Gasteiger partial charge is 0.379 e. The average Bonchev–Trinajstić information content (AvgIpc) is 2.63. The number of benzene rings is 1. The predicted molar refractivity (Wildman–Crippen MR) is 82.8 cm³/mol. The van der Waals surface area contributed by atoms with Crippen molar-refractivity contribution in [2.75, 3.05) is 0 Å². The fourth-order valence-corrected chi connectivity index (χ4v) is 3.78. The second kappa shape index (κ2) is 4.70. The van der Waals surface area contributed by atoms with Gasteiger partial charge in [-0.15, -0.1) is 0 Å². The molecule has 0 amide bonds. The van der Waals surface area contributed by atoms with Gasteiger partial charge in [-0.05, 0) is 26.0 Å². The standard InChI is InChI=1S/C17H16BrFNO2/c1-16(2)15(21)13-12(19)5-4-11(18)14(13)17(16,22)10-6-8-20(3)9-7-10/h4-9,22H,1-3H3/q+1. The van der Waals surface area contributed by atoms with Crippen molar-refractivity contribution >= 4 is 21.7 Å². The van der Waals surface area contributed by atoms with E-state index in [-0.39, 0.29) is 5.56 Å². The Kier molecular flexibility index (Phi) is 3.27. The molecule has 1 N–H and O–H groups in total. The van der Waals surface area contributed by atoms with Crippen molar-refractivity contribution in [3.05, 3.63) is 63.6 Å². The molecular weight excluding hydrogens is 349 g/mol. The third-order valence-electron chi connectivity index (χ3n) is 4.56. The van der Waals surface area contributed by atoms with Gasteiger partial charge in [0.15, 0.2) is 18.2 Å². The van der Waals surface area contributed by atoms with E-state index in [4.69, 9.17) is 0 Å². The van der Waals surface area contributed by atoms with Crippen molar-refractivity contribution in [2.45, 2.75) is 19.4 Å². The summed E-state index contributed by atoms with van der Waals surface area (Å²) in [5.74, 6) is -0.995. The van der Waals surface area contributed by atoms with Crippen LogP contribution in [0.2, 0.25) is 0 Å². The first-order valence-corrected chi connectivity index (χ1v) is 7.72. The highest BCUT2D eigenvalue weighted by atomic mass is 79.9. The zero-order valence-electron chi connectivity index (χ0n) is 12.5. The Morgan fingerprint density at radius 1 is 1.18 bits per heavy atom. The highest BCUT2D eigenvalue weighted by molar-refractivity contribution is 9.10. The van der Waals surface area contributed by atoms with Gasteiger partial charge in [0.25, 0.3) is 0 Å². The Labute approximate surface area is 136 Å². The van der Waals surface area contributed by atoms with Crippen molar-refractivity contribution in [3.8, 4) is 0 Å². The third-order valence-corrected chi connectivity index (χ3v) is 5.22. The molecule has 0 fully saturated rings. The number of carbonyl (C=O) groups is 1. The molecule has 5 heteroatoms. The summed E-state index contributed by atoms with van der Waals surface area (Å²) >= 11 is 3.36. The van der Waals surface area contributed by atoms with E-state index < -0.39 is 22.6 Å². The van der Waals surface area contributed by atoms with E-state index >= 15 is 0 Å². The second-order valence-electron chi connectivity index (χ2n) is 6.20. The smallest absolute Gasteiger partial charge is 0.175 e. The molecule has 1 unspecified atom stereocenters. The maximum Gasteiger partial charge on any atom is 0.175 e. The van der Waals surface area contributed by atoms with Crippen LogP contribution in [-0.4, -0.2) is 10.9 Å². The topological polar surface area (TPSA) is 41.2 Å². The van der Waals surface area contributed by atoms with Crippen molar-refractivity contribution < 1.29 is 18.9 Å². The van der Waals surface area contributed by atoms with Crippen LogP contribution >= 0.6 is 15.9 Å². The molecule has 0 saturated carbocycles. The summed E-state index contributed by atoms with van der Waals surface area (Å²) in [6, 6.07) is 6.27. The van der Waals surface area contributed by atoms with Crippen LogP contribution in [0.1, 0.15) is 35.3 Å². The van der Waals surface area contributed by atoms with Gasteiger partial charge in [-0.1, -0.05) is 15.9 Å². The van der Waals surface area contributed by atoms with E-state index in [0.717, 1.165) is 0 Å². The van der Waals surface area contributed by atoms with Crippen LogP contribution in [0.3, 0.4) is 0 Å². The molecule has 2 aromatic rings. The van der Waals surface area contributed by atoms with Crippen LogP contribution in [0, 0.1) is 11.2 Å². The quantitative estimate of drug-likeness (QED) is 0.790. The number of hydrogen-bond acceptors (Lipinski definition) is 2. The van der Waals surface area contributed by atoms with Gasteiger partial charge in [0, 0.05) is 27.7 Å². The molecule has 0 spiro atoms.